The van der Waals surface area contributed by atoms with Crippen molar-refractivity contribution in [1.82, 2.24) is 14.9 Å². The van der Waals surface area contributed by atoms with Crippen molar-refractivity contribution >= 4 is 27.3 Å². The molecule has 0 aliphatic rings. The van der Waals surface area contributed by atoms with Gasteiger partial charge < -0.3 is 10.2 Å². The van der Waals surface area contributed by atoms with Crippen LogP contribution in [-0.4, -0.2) is 46.9 Å². The molecule has 0 aliphatic heterocycles. The summed E-state index contributed by atoms with van der Waals surface area (Å²) in [5.41, 5.74) is 0.418. The summed E-state index contributed by atoms with van der Waals surface area (Å²) in [6, 6.07) is 9.76. The molecule has 0 fully saturated rings. The Labute approximate surface area is 146 Å². The summed E-state index contributed by atoms with van der Waals surface area (Å²) in [5, 5.41) is 4.47. The number of hydrogen-bond donors (Lipinski definition) is 2. The van der Waals surface area contributed by atoms with Crippen LogP contribution in [-0.2, 0) is 10.0 Å². The maximum atomic E-state index is 12.5. The fourth-order valence-corrected chi connectivity index (χ4v) is 4.18. The largest absolute Gasteiger partial charge is 0.355 e. The fraction of sp³-hybridized carbons (Fsp3) is 0.312. The van der Waals surface area contributed by atoms with Gasteiger partial charge in [-0.15, -0.1) is 11.3 Å². The lowest BCUT2D eigenvalue weighted by Gasteiger charge is -2.23. The molecule has 0 radical (unpaired) electrons. The quantitative estimate of drug-likeness (QED) is 0.781. The highest BCUT2D eigenvalue weighted by molar-refractivity contribution is 7.89. The molecule has 6 nitrogen and oxygen atoms in total. The van der Waals surface area contributed by atoms with Gasteiger partial charge in [0.05, 0.1) is 10.9 Å². The fourth-order valence-electron chi connectivity index (χ4n) is 2.22. The Morgan fingerprint density at radius 3 is 2.38 bits per heavy atom. The first-order valence-electron chi connectivity index (χ1n) is 7.37. The molecule has 0 aliphatic carbocycles. The van der Waals surface area contributed by atoms with Gasteiger partial charge in [-0.25, -0.2) is 13.1 Å². The lowest BCUT2D eigenvalue weighted by molar-refractivity contribution is 0.0963. The number of sulfonamides is 1. The van der Waals surface area contributed by atoms with Crippen molar-refractivity contribution < 1.29 is 13.2 Å². The maximum absolute atomic E-state index is 12.5. The number of nitrogens with one attached hydrogen (secondary N) is 2. The van der Waals surface area contributed by atoms with E-state index in [0.717, 1.165) is 4.88 Å². The van der Waals surface area contributed by atoms with Gasteiger partial charge >= 0.3 is 0 Å². The van der Waals surface area contributed by atoms with E-state index in [1.165, 1.54) is 31.3 Å². The normalized spacial score (nSPS) is 13.0. The Morgan fingerprint density at radius 2 is 1.88 bits per heavy atom. The number of carbonyl (C=O) groups excluding carboxylic acids is 1. The Bertz CT molecular complexity index is 769. The average molecular weight is 367 g/mol. The van der Waals surface area contributed by atoms with E-state index in [9.17, 15) is 13.2 Å². The van der Waals surface area contributed by atoms with Gasteiger partial charge in [0.15, 0.2) is 0 Å². The molecule has 2 aromatic rings. The van der Waals surface area contributed by atoms with Crippen molar-refractivity contribution in [3.63, 3.8) is 0 Å². The highest BCUT2D eigenvalue weighted by Gasteiger charge is 2.20. The second-order valence-electron chi connectivity index (χ2n) is 5.45. The van der Waals surface area contributed by atoms with Gasteiger partial charge in [0.1, 0.15) is 0 Å². The topological polar surface area (TPSA) is 78.5 Å². The minimum Gasteiger partial charge on any atom is -0.355 e. The lowest BCUT2D eigenvalue weighted by Crippen LogP contribution is -2.34. The summed E-state index contributed by atoms with van der Waals surface area (Å²) < 4.78 is 27.5. The highest BCUT2D eigenvalue weighted by atomic mass is 32.2. The Morgan fingerprint density at radius 1 is 1.21 bits per heavy atom. The summed E-state index contributed by atoms with van der Waals surface area (Å²) in [4.78, 5) is 14.7. The van der Waals surface area contributed by atoms with Crippen LogP contribution >= 0.6 is 11.3 Å². The number of hydrogen-bond acceptors (Lipinski definition) is 5. The van der Waals surface area contributed by atoms with E-state index in [1.807, 2.05) is 36.5 Å². The second-order valence-corrected chi connectivity index (χ2v) is 8.20. The van der Waals surface area contributed by atoms with Crippen molar-refractivity contribution in [2.75, 3.05) is 27.7 Å². The molecule has 1 unspecified atom stereocenters. The van der Waals surface area contributed by atoms with Gasteiger partial charge in [0, 0.05) is 24.0 Å². The third kappa shape index (κ3) is 4.41. The molecule has 8 heteroatoms. The van der Waals surface area contributed by atoms with Crippen molar-refractivity contribution in [1.29, 1.82) is 0 Å². The van der Waals surface area contributed by atoms with Gasteiger partial charge in [-0.3, -0.25) is 4.79 Å². The van der Waals surface area contributed by atoms with Crippen LogP contribution in [0.25, 0.3) is 0 Å². The molecule has 2 N–H and O–H groups in total. The molecule has 0 saturated carbocycles. The predicted octanol–water partition coefficient (Wildman–Crippen LogP) is 1.69. The SMILES string of the molecule is CNC(=O)c1ccc(S(=O)(=O)NCC(c2cccs2)N(C)C)cc1. The number of carbonyl (C=O) groups is 1. The first kappa shape index (κ1) is 18.6. The maximum Gasteiger partial charge on any atom is 0.251 e. The number of amides is 1. The monoisotopic (exact) mass is 367 g/mol. The van der Waals surface area contributed by atoms with E-state index >= 15 is 0 Å². The van der Waals surface area contributed by atoms with Crippen molar-refractivity contribution in [2.45, 2.75) is 10.9 Å². The standard InChI is InChI=1S/C16H21N3O3S2/c1-17-16(20)12-6-8-13(9-7-12)24(21,22)18-11-14(19(2)3)15-5-4-10-23-15/h4-10,14,18H,11H2,1-3H3,(H,17,20). The van der Waals surface area contributed by atoms with Crippen LogP contribution in [0.1, 0.15) is 21.3 Å². The Hall–Kier alpha value is -1.74. The third-order valence-electron chi connectivity index (χ3n) is 3.62. The summed E-state index contributed by atoms with van der Waals surface area (Å²) in [7, 11) is 1.72. The smallest absolute Gasteiger partial charge is 0.251 e. The first-order chi connectivity index (χ1) is 11.3. The zero-order valence-electron chi connectivity index (χ0n) is 13.8. The van der Waals surface area contributed by atoms with Crippen LogP contribution in [0.3, 0.4) is 0 Å². The molecule has 0 saturated heterocycles. The minimum absolute atomic E-state index is 0.0371. The molecular weight excluding hydrogens is 346 g/mol. The number of benzene rings is 1. The predicted molar refractivity (Wildman–Crippen MR) is 95.8 cm³/mol. The van der Waals surface area contributed by atoms with Crippen LogP contribution < -0.4 is 10.0 Å². The van der Waals surface area contributed by atoms with E-state index in [2.05, 4.69) is 10.0 Å². The highest BCUT2D eigenvalue weighted by Crippen LogP contribution is 2.23. The number of nitrogens with zero attached hydrogens (tertiary/aromatic N) is 1. The van der Waals surface area contributed by atoms with E-state index < -0.39 is 10.0 Å². The van der Waals surface area contributed by atoms with Gasteiger partial charge in [-0.1, -0.05) is 6.07 Å². The molecule has 1 atom stereocenters. The van der Waals surface area contributed by atoms with Crippen molar-refractivity contribution in [3.05, 3.63) is 52.2 Å². The molecular formula is C16H21N3O3S2. The third-order valence-corrected chi connectivity index (χ3v) is 6.03. The molecule has 1 heterocycles. The Balaban J connectivity index is 2.11. The van der Waals surface area contributed by atoms with Gasteiger partial charge in [-0.2, -0.15) is 0 Å². The minimum atomic E-state index is -3.63. The zero-order chi connectivity index (χ0) is 17.7. The molecule has 1 aromatic heterocycles. The van der Waals surface area contributed by atoms with Crippen LogP contribution in [0, 0.1) is 0 Å². The van der Waals surface area contributed by atoms with Crippen LogP contribution in [0.2, 0.25) is 0 Å². The number of thiophene rings is 1. The summed E-state index contributed by atoms with van der Waals surface area (Å²) in [6.07, 6.45) is 0. The molecule has 1 amide bonds. The number of likely N-dealkylation sites (N-methyl/N-ethyl adjacent to an activating group) is 1. The molecule has 0 spiro atoms. The molecule has 130 valence electrons. The zero-order valence-corrected chi connectivity index (χ0v) is 15.4. The number of rotatable bonds is 7. The van der Waals surface area contributed by atoms with E-state index in [4.69, 9.17) is 0 Å². The lowest BCUT2D eigenvalue weighted by atomic mass is 10.2. The van der Waals surface area contributed by atoms with Gasteiger partial charge in [0.25, 0.3) is 5.91 Å². The van der Waals surface area contributed by atoms with Crippen LogP contribution in [0.15, 0.2) is 46.7 Å². The molecule has 1 aromatic carbocycles. The van der Waals surface area contributed by atoms with E-state index in [0.29, 0.717) is 5.56 Å². The van der Waals surface area contributed by atoms with Crippen LogP contribution in [0.4, 0.5) is 0 Å². The van der Waals surface area contributed by atoms with Crippen LogP contribution in [0.5, 0.6) is 0 Å². The molecule has 0 bridgehead atoms. The summed E-state index contributed by atoms with van der Waals surface area (Å²) in [5.74, 6) is -0.253. The van der Waals surface area contributed by atoms with Crippen molar-refractivity contribution in [2.24, 2.45) is 0 Å². The van der Waals surface area contributed by atoms with Gasteiger partial charge in [0.2, 0.25) is 10.0 Å². The Kier molecular flexibility index (Phi) is 6.11. The molecule has 2 rings (SSSR count). The summed E-state index contributed by atoms with van der Waals surface area (Å²) in [6.45, 7) is 0.271. The average Bonchev–Trinajstić information content (AvgIpc) is 3.08. The summed E-state index contributed by atoms with van der Waals surface area (Å²) >= 11 is 1.59. The van der Waals surface area contributed by atoms with Crippen molar-refractivity contribution in [3.8, 4) is 0 Å². The van der Waals surface area contributed by atoms with E-state index in [-0.39, 0.29) is 23.4 Å². The van der Waals surface area contributed by atoms with Gasteiger partial charge in [-0.05, 0) is 49.8 Å². The first-order valence-corrected chi connectivity index (χ1v) is 9.73. The second kappa shape index (κ2) is 7.89. The molecule has 24 heavy (non-hydrogen) atoms. The van der Waals surface area contributed by atoms with E-state index in [1.54, 1.807) is 11.3 Å².